The molecular formula is C26H45N3S. The second kappa shape index (κ2) is 25.1. The van der Waals surface area contributed by atoms with Crippen molar-refractivity contribution in [2.45, 2.75) is 60.4 Å². The van der Waals surface area contributed by atoms with Crippen molar-refractivity contribution in [1.82, 2.24) is 10.2 Å². The minimum absolute atomic E-state index is 0.839. The fraction of sp³-hybridized carbons (Fsp3) is 0.500. The molecule has 0 spiro atoms. The molecule has 170 valence electrons. The highest BCUT2D eigenvalue weighted by Crippen LogP contribution is 2.04. The van der Waals surface area contributed by atoms with Gasteiger partial charge in [-0.15, -0.1) is 12.8 Å². The molecule has 30 heavy (non-hydrogen) atoms. The molecule has 0 aliphatic carbocycles. The van der Waals surface area contributed by atoms with Gasteiger partial charge in [-0.25, -0.2) is 0 Å². The van der Waals surface area contributed by atoms with E-state index in [0.717, 1.165) is 23.5 Å². The Morgan fingerprint density at radius 1 is 1.17 bits per heavy atom. The Hall–Kier alpha value is -1.93. The molecule has 0 aliphatic heterocycles. The molecular weight excluding hydrogens is 386 g/mol. The highest BCUT2D eigenvalue weighted by molar-refractivity contribution is 7.80. The molecule has 0 saturated carbocycles. The number of hydrogen-bond acceptors (Lipinski definition) is 4. The van der Waals surface area contributed by atoms with Gasteiger partial charge < -0.3 is 16.0 Å². The molecule has 0 bridgehead atoms. The zero-order chi connectivity index (χ0) is 23.8. The van der Waals surface area contributed by atoms with Crippen LogP contribution in [0.4, 0.5) is 0 Å². The van der Waals surface area contributed by atoms with Crippen molar-refractivity contribution in [3.05, 3.63) is 59.3 Å². The van der Waals surface area contributed by atoms with Crippen LogP contribution in [0.15, 0.2) is 48.2 Å². The van der Waals surface area contributed by atoms with E-state index < -0.39 is 0 Å². The SMILES string of the molecule is C#C.C/C=C(\C=C/NCc1cccc(C)c1)C(C)=S.CC.CN(C)CCCCCN. The van der Waals surface area contributed by atoms with E-state index in [1.54, 1.807) is 0 Å². The van der Waals surface area contributed by atoms with Gasteiger partial charge in [0, 0.05) is 11.4 Å². The van der Waals surface area contributed by atoms with Crippen LogP contribution in [0.5, 0.6) is 0 Å². The van der Waals surface area contributed by atoms with Gasteiger partial charge in [0.15, 0.2) is 0 Å². The minimum Gasteiger partial charge on any atom is -0.387 e. The first-order valence-electron chi connectivity index (χ1n) is 10.7. The molecule has 0 aromatic heterocycles. The van der Waals surface area contributed by atoms with Crippen LogP contribution in [0.2, 0.25) is 0 Å². The predicted molar refractivity (Wildman–Crippen MR) is 142 cm³/mol. The summed E-state index contributed by atoms with van der Waals surface area (Å²) in [4.78, 5) is 3.12. The Morgan fingerprint density at radius 3 is 2.27 bits per heavy atom. The van der Waals surface area contributed by atoms with Crippen LogP contribution in [0.3, 0.4) is 0 Å². The van der Waals surface area contributed by atoms with E-state index in [-0.39, 0.29) is 0 Å². The van der Waals surface area contributed by atoms with Crippen LogP contribution in [-0.2, 0) is 6.54 Å². The van der Waals surface area contributed by atoms with Crippen LogP contribution in [0.25, 0.3) is 0 Å². The summed E-state index contributed by atoms with van der Waals surface area (Å²) in [6.07, 6.45) is 17.7. The van der Waals surface area contributed by atoms with E-state index in [2.05, 4.69) is 68.3 Å². The monoisotopic (exact) mass is 431 g/mol. The highest BCUT2D eigenvalue weighted by atomic mass is 32.1. The first-order valence-corrected chi connectivity index (χ1v) is 11.1. The molecule has 0 unspecified atom stereocenters. The van der Waals surface area contributed by atoms with E-state index in [1.165, 1.54) is 36.9 Å². The Kier molecular flexibility index (Phi) is 27.4. The van der Waals surface area contributed by atoms with Crippen LogP contribution in [-0.4, -0.2) is 36.9 Å². The molecule has 0 fully saturated rings. The Bertz CT molecular complexity index is 601. The third-order valence-corrected chi connectivity index (χ3v) is 4.03. The van der Waals surface area contributed by atoms with E-state index in [9.17, 15) is 0 Å². The molecule has 3 N–H and O–H groups in total. The summed E-state index contributed by atoms with van der Waals surface area (Å²) in [6.45, 7) is 12.9. The number of aryl methyl sites for hydroxylation is 1. The zero-order valence-corrected chi connectivity index (χ0v) is 21.2. The lowest BCUT2D eigenvalue weighted by atomic mass is 10.1. The molecule has 0 amide bonds. The summed E-state index contributed by atoms with van der Waals surface area (Å²) in [6, 6.07) is 8.48. The van der Waals surface area contributed by atoms with Crippen molar-refractivity contribution in [3.8, 4) is 12.8 Å². The molecule has 0 saturated heterocycles. The molecule has 0 atom stereocenters. The van der Waals surface area contributed by atoms with Crippen LogP contribution in [0.1, 0.15) is 58.1 Å². The van der Waals surface area contributed by atoms with Crippen molar-refractivity contribution in [1.29, 1.82) is 0 Å². The van der Waals surface area contributed by atoms with Gasteiger partial charge in [-0.1, -0.05) is 68.4 Å². The number of nitrogens with two attached hydrogens (primary N) is 1. The number of rotatable bonds is 10. The van der Waals surface area contributed by atoms with Gasteiger partial charge in [-0.05, 0) is 84.2 Å². The van der Waals surface area contributed by atoms with Gasteiger partial charge in [0.25, 0.3) is 0 Å². The topological polar surface area (TPSA) is 41.3 Å². The maximum absolute atomic E-state index is 5.33. The quantitative estimate of drug-likeness (QED) is 0.159. The van der Waals surface area contributed by atoms with Crippen molar-refractivity contribution in [3.63, 3.8) is 0 Å². The van der Waals surface area contributed by atoms with Crippen molar-refractivity contribution < 1.29 is 0 Å². The smallest absolute Gasteiger partial charge is 0.0395 e. The summed E-state index contributed by atoms with van der Waals surface area (Å²) in [5.74, 6) is 0. The van der Waals surface area contributed by atoms with E-state index in [1.807, 2.05) is 46.0 Å². The van der Waals surface area contributed by atoms with Gasteiger partial charge in [0.1, 0.15) is 0 Å². The van der Waals surface area contributed by atoms with Crippen molar-refractivity contribution in [2.75, 3.05) is 27.2 Å². The summed E-state index contributed by atoms with van der Waals surface area (Å²) in [7, 11) is 4.20. The standard InChI is InChI=1S/C15H19NS.C7H18N2.C2H6.C2H2/c1-4-15(13(3)17)8-9-16-11-14-7-5-6-12(2)10-14;1-9(2)7-5-3-4-6-8;2*1-2/h4-10,16H,11H2,1-3H3;3-8H2,1-2H3;1-2H3;1-2H/b9-8-,15-4+;;;. The van der Waals surface area contributed by atoms with Gasteiger partial charge in [-0.3, -0.25) is 0 Å². The first-order chi connectivity index (χ1) is 14.4. The normalized spacial score (nSPS) is 10.2. The number of allylic oxidation sites excluding steroid dienone is 3. The molecule has 1 rings (SSSR count). The predicted octanol–water partition coefficient (Wildman–Crippen LogP) is 5.89. The largest absolute Gasteiger partial charge is 0.387 e. The van der Waals surface area contributed by atoms with Gasteiger partial charge in [-0.2, -0.15) is 0 Å². The van der Waals surface area contributed by atoms with Crippen LogP contribution >= 0.6 is 12.2 Å². The first kappa shape index (κ1) is 32.7. The molecule has 1 aromatic carbocycles. The Labute approximate surface area is 192 Å². The highest BCUT2D eigenvalue weighted by Gasteiger charge is 1.93. The lowest BCUT2D eigenvalue weighted by Crippen LogP contribution is -2.13. The number of thiocarbonyl (C=S) groups is 1. The fourth-order valence-corrected chi connectivity index (χ4v) is 2.50. The maximum Gasteiger partial charge on any atom is 0.0395 e. The zero-order valence-electron chi connectivity index (χ0n) is 20.4. The third-order valence-electron chi connectivity index (χ3n) is 3.80. The lowest BCUT2D eigenvalue weighted by Gasteiger charge is -2.07. The lowest BCUT2D eigenvalue weighted by molar-refractivity contribution is 0.392. The summed E-state index contributed by atoms with van der Waals surface area (Å²) >= 11 is 5.13. The average Bonchev–Trinajstić information content (AvgIpc) is 2.74. The number of unbranched alkanes of at least 4 members (excludes halogenated alkanes) is 2. The molecule has 0 radical (unpaired) electrons. The minimum atomic E-state index is 0.839. The number of nitrogens with one attached hydrogen (secondary N) is 1. The summed E-state index contributed by atoms with van der Waals surface area (Å²) in [5.41, 5.74) is 9.00. The maximum atomic E-state index is 5.33. The van der Waals surface area contributed by atoms with E-state index >= 15 is 0 Å². The van der Waals surface area contributed by atoms with Crippen molar-refractivity contribution >= 4 is 17.1 Å². The molecule has 4 heteroatoms. The molecule has 3 nitrogen and oxygen atoms in total. The Morgan fingerprint density at radius 2 is 1.80 bits per heavy atom. The summed E-state index contributed by atoms with van der Waals surface area (Å²) in [5, 5.41) is 3.27. The second-order valence-electron chi connectivity index (χ2n) is 6.66. The molecule has 0 aliphatic rings. The van der Waals surface area contributed by atoms with E-state index in [0.29, 0.717) is 0 Å². The third kappa shape index (κ3) is 22.4. The van der Waals surface area contributed by atoms with Crippen LogP contribution < -0.4 is 11.1 Å². The van der Waals surface area contributed by atoms with Crippen molar-refractivity contribution in [2.24, 2.45) is 5.73 Å². The van der Waals surface area contributed by atoms with Crippen LogP contribution in [0, 0.1) is 19.8 Å². The molecule has 0 heterocycles. The number of nitrogens with zero attached hydrogens (tertiary/aromatic N) is 1. The fourth-order valence-electron chi connectivity index (χ4n) is 2.31. The van der Waals surface area contributed by atoms with E-state index in [4.69, 9.17) is 18.0 Å². The number of hydrogen-bond donors (Lipinski definition) is 2. The van der Waals surface area contributed by atoms with Gasteiger partial charge in [0.05, 0.1) is 0 Å². The Balaban J connectivity index is -0.000000475. The number of terminal acetylenes is 1. The molecule has 1 aromatic rings. The second-order valence-corrected chi connectivity index (χ2v) is 7.27. The number of benzene rings is 1. The average molecular weight is 432 g/mol. The van der Waals surface area contributed by atoms with Gasteiger partial charge in [0.2, 0.25) is 0 Å². The summed E-state index contributed by atoms with van der Waals surface area (Å²) < 4.78 is 0. The van der Waals surface area contributed by atoms with Gasteiger partial charge >= 0.3 is 0 Å².